The van der Waals surface area contributed by atoms with Crippen LogP contribution >= 0.6 is 0 Å². The number of rotatable bonds is 9. The highest BCUT2D eigenvalue weighted by atomic mass is 32.2. The number of methoxy groups -OCH3 is 1. The lowest BCUT2D eigenvalue weighted by atomic mass is 10.0. The summed E-state index contributed by atoms with van der Waals surface area (Å²) in [5.74, 6) is 0.590. The van der Waals surface area contributed by atoms with Crippen LogP contribution in [0.15, 0.2) is 60.0 Å². The zero-order chi connectivity index (χ0) is 31.3. The Hall–Kier alpha value is -4.30. The Morgan fingerprint density at radius 3 is 2.56 bits per heavy atom. The van der Waals surface area contributed by atoms with Crippen LogP contribution in [0.4, 0.5) is 16.2 Å². The normalized spacial score (nSPS) is 17.9. The topological polar surface area (TPSA) is 155 Å². The number of hydrogen-bond donors (Lipinski definition) is 3. The Labute approximate surface area is 251 Å². The molecule has 0 saturated heterocycles. The van der Waals surface area contributed by atoms with Crippen molar-refractivity contribution in [1.29, 1.82) is 0 Å². The zero-order valence-corrected chi connectivity index (χ0v) is 25.7. The summed E-state index contributed by atoms with van der Waals surface area (Å²) in [5.41, 5.74) is 1.30. The first-order chi connectivity index (χ1) is 20.4. The van der Waals surface area contributed by atoms with Gasteiger partial charge in [0.05, 0.1) is 39.1 Å². The molecule has 0 unspecified atom stereocenters. The molecular weight excluding hydrogens is 576 g/mol. The number of likely N-dealkylation sites (N-methyl/N-ethyl adjacent to an activating group) is 1. The van der Waals surface area contributed by atoms with Gasteiger partial charge < -0.3 is 34.3 Å². The Kier molecular flexibility index (Phi) is 9.81. The molecule has 232 valence electrons. The number of imidazole rings is 1. The molecule has 1 aromatic heterocycles. The van der Waals surface area contributed by atoms with Crippen molar-refractivity contribution in [3.8, 4) is 11.5 Å². The maximum absolute atomic E-state index is 13.5. The van der Waals surface area contributed by atoms with E-state index in [2.05, 4.69) is 15.0 Å². The summed E-state index contributed by atoms with van der Waals surface area (Å²) >= 11 is 0. The second-order valence-electron chi connectivity index (χ2n) is 10.7. The van der Waals surface area contributed by atoms with Gasteiger partial charge in [-0.1, -0.05) is 6.92 Å². The highest BCUT2D eigenvalue weighted by Crippen LogP contribution is 2.30. The number of nitrogens with zero attached hydrogens (tertiary/aromatic N) is 4. The summed E-state index contributed by atoms with van der Waals surface area (Å²) in [5, 5.41) is 12.6. The summed E-state index contributed by atoms with van der Waals surface area (Å²) in [6.07, 6.45) is 2.15. The average Bonchev–Trinajstić information content (AvgIpc) is 3.44. The molecule has 3 amide bonds. The van der Waals surface area contributed by atoms with Crippen molar-refractivity contribution in [2.24, 2.45) is 13.0 Å². The molecule has 13 nitrogen and oxygen atoms in total. The highest BCUT2D eigenvalue weighted by Gasteiger charge is 2.32. The molecule has 1 aliphatic heterocycles. The number of aliphatic hydroxyl groups excluding tert-OH is 1. The van der Waals surface area contributed by atoms with Crippen molar-refractivity contribution >= 4 is 33.3 Å². The van der Waals surface area contributed by atoms with Crippen LogP contribution in [-0.4, -0.2) is 90.8 Å². The molecule has 0 radical (unpaired) electrons. The number of hydrogen-bond acceptors (Lipinski definition) is 8. The van der Waals surface area contributed by atoms with Crippen molar-refractivity contribution in [2.45, 2.75) is 37.4 Å². The number of ether oxygens (including phenoxy) is 2. The van der Waals surface area contributed by atoms with Crippen molar-refractivity contribution < 1.29 is 32.6 Å². The van der Waals surface area contributed by atoms with E-state index in [4.69, 9.17) is 9.47 Å². The second-order valence-corrected chi connectivity index (χ2v) is 12.4. The van der Waals surface area contributed by atoms with Gasteiger partial charge in [0.25, 0.3) is 10.0 Å². The standard InChI is InChI=1S/C29H38N6O7S/c1-19-14-35(20(2)17-36)28(37)13-21-12-23(32-43(39,40)27-16-33(3)18-30-27)8-11-25(21)42-26(19)15-34(4)29(38)31-22-6-9-24(41-5)10-7-22/h6-12,16,18-20,26,32,36H,13-15,17H2,1-5H3,(H,31,38)/t19-,20-,26+/m0/s1. The van der Waals surface area contributed by atoms with Gasteiger partial charge in [0, 0.05) is 49.7 Å². The first-order valence-corrected chi connectivity index (χ1v) is 15.2. The molecule has 3 N–H and O–H groups in total. The summed E-state index contributed by atoms with van der Waals surface area (Å²) in [7, 11) is 0.913. The SMILES string of the molecule is COc1ccc(NC(=O)N(C)C[C@H]2Oc3ccc(NS(=O)(=O)c4cn(C)cn4)cc3CC(=O)N([C@@H](C)CO)C[C@@H]2C)cc1. The van der Waals surface area contributed by atoms with Gasteiger partial charge in [0.15, 0.2) is 5.03 Å². The highest BCUT2D eigenvalue weighted by molar-refractivity contribution is 7.92. The quantitative estimate of drug-likeness (QED) is 0.332. The Bertz CT molecular complexity index is 1540. The van der Waals surface area contributed by atoms with Gasteiger partial charge in [-0.2, -0.15) is 8.42 Å². The Balaban J connectivity index is 1.59. The van der Waals surface area contributed by atoms with Crippen LogP contribution in [0, 0.1) is 5.92 Å². The van der Waals surface area contributed by atoms with E-state index in [1.165, 1.54) is 22.0 Å². The lowest BCUT2D eigenvalue weighted by molar-refractivity contribution is -0.134. The molecule has 1 aliphatic rings. The van der Waals surface area contributed by atoms with E-state index in [0.717, 1.165) is 0 Å². The molecule has 2 heterocycles. The fraction of sp³-hybridized carbons (Fsp3) is 0.414. The fourth-order valence-electron chi connectivity index (χ4n) is 4.69. The van der Waals surface area contributed by atoms with Gasteiger partial charge in [-0.05, 0) is 49.4 Å². The van der Waals surface area contributed by atoms with Crippen molar-refractivity contribution in [1.82, 2.24) is 19.4 Å². The van der Waals surface area contributed by atoms with Crippen LogP contribution in [0.25, 0.3) is 0 Å². The second kappa shape index (κ2) is 13.3. The lowest BCUT2D eigenvalue weighted by Crippen LogP contribution is -2.48. The van der Waals surface area contributed by atoms with Crippen LogP contribution in [0.1, 0.15) is 19.4 Å². The predicted molar refractivity (Wildman–Crippen MR) is 161 cm³/mol. The van der Waals surface area contributed by atoms with Crippen molar-refractivity contribution in [3.63, 3.8) is 0 Å². The molecule has 0 bridgehead atoms. The Morgan fingerprint density at radius 2 is 1.93 bits per heavy atom. The van der Waals surface area contributed by atoms with E-state index < -0.39 is 22.2 Å². The molecule has 0 saturated carbocycles. The van der Waals surface area contributed by atoms with Crippen LogP contribution in [0.5, 0.6) is 11.5 Å². The maximum Gasteiger partial charge on any atom is 0.321 e. The van der Waals surface area contributed by atoms with Crippen molar-refractivity contribution in [3.05, 3.63) is 60.6 Å². The minimum Gasteiger partial charge on any atom is -0.497 e. The monoisotopic (exact) mass is 614 g/mol. The van der Waals surface area contributed by atoms with E-state index in [0.29, 0.717) is 22.7 Å². The molecule has 14 heteroatoms. The number of aromatic nitrogens is 2. The minimum absolute atomic E-state index is 0.0773. The number of anilines is 2. The van der Waals surface area contributed by atoms with E-state index in [1.807, 2.05) is 6.92 Å². The average molecular weight is 615 g/mol. The molecule has 43 heavy (non-hydrogen) atoms. The van der Waals surface area contributed by atoms with Gasteiger partial charge in [0.1, 0.15) is 17.6 Å². The summed E-state index contributed by atoms with van der Waals surface area (Å²) in [4.78, 5) is 33.5. The smallest absolute Gasteiger partial charge is 0.321 e. The number of sulfonamides is 1. The van der Waals surface area contributed by atoms with Gasteiger partial charge in [-0.15, -0.1) is 0 Å². The van der Waals surface area contributed by atoms with Crippen LogP contribution in [0.2, 0.25) is 0 Å². The number of amides is 3. The van der Waals surface area contributed by atoms with Gasteiger partial charge >= 0.3 is 6.03 Å². The number of fused-ring (bicyclic) bond motifs is 1. The van der Waals surface area contributed by atoms with E-state index in [-0.39, 0.29) is 54.7 Å². The summed E-state index contributed by atoms with van der Waals surface area (Å²) in [6.45, 7) is 3.92. The van der Waals surface area contributed by atoms with E-state index >= 15 is 0 Å². The van der Waals surface area contributed by atoms with Gasteiger partial charge in [0.2, 0.25) is 5.91 Å². The van der Waals surface area contributed by atoms with E-state index in [1.54, 1.807) is 75.5 Å². The molecular formula is C29H38N6O7S. The summed E-state index contributed by atoms with van der Waals surface area (Å²) in [6, 6.07) is 10.9. The largest absolute Gasteiger partial charge is 0.497 e. The minimum atomic E-state index is -3.97. The lowest BCUT2D eigenvalue weighted by Gasteiger charge is -2.34. The number of urea groups is 1. The number of aryl methyl sites for hydroxylation is 1. The third-order valence-corrected chi connectivity index (χ3v) is 8.53. The molecule has 4 rings (SSSR count). The molecule has 0 aliphatic carbocycles. The van der Waals surface area contributed by atoms with Gasteiger partial charge in [-0.3, -0.25) is 9.52 Å². The summed E-state index contributed by atoms with van der Waals surface area (Å²) < 4.78 is 41.4. The number of aliphatic hydroxyl groups is 1. The molecule has 3 atom stereocenters. The number of carbonyl (C=O) groups is 2. The van der Waals surface area contributed by atoms with Crippen LogP contribution in [0.3, 0.4) is 0 Å². The molecule has 0 fully saturated rings. The number of benzene rings is 2. The third kappa shape index (κ3) is 7.76. The number of nitrogens with one attached hydrogen (secondary N) is 2. The Morgan fingerprint density at radius 1 is 1.23 bits per heavy atom. The first kappa shape index (κ1) is 31.6. The first-order valence-electron chi connectivity index (χ1n) is 13.8. The maximum atomic E-state index is 13.5. The number of carbonyl (C=O) groups excluding carboxylic acids is 2. The van der Waals surface area contributed by atoms with Crippen molar-refractivity contribution in [2.75, 3.05) is 43.9 Å². The van der Waals surface area contributed by atoms with Crippen LogP contribution in [-0.2, 0) is 28.3 Å². The zero-order valence-electron chi connectivity index (χ0n) is 24.9. The van der Waals surface area contributed by atoms with E-state index in [9.17, 15) is 23.1 Å². The fourth-order valence-corrected chi connectivity index (χ4v) is 5.72. The predicted octanol–water partition coefficient (Wildman–Crippen LogP) is 2.54. The van der Waals surface area contributed by atoms with Crippen LogP contribution < -0.4 is 19.5 Å². The molecule has 3 aromatic rings. The molecule has 0 spiro atoms. The third-order valence-electron chi connectivity index (χ3n) is 7.27. The van der Waals surface area contributed by atoms with Gasteiger partial charge in [-0.25, -0.2) is 9.78 Å². The molecule has 2 aromatic carbocycles.